The van der Waals surface area contributed by atoms with Crippen molar-refractivity contribution in [2.24, 2.45) is 0 Å². The fourth-order valence-corrected chi connectivity index (χ4v) is 3.51. The third kappa shape index (κ3) is 3.64. The number of amides is 1. The molecule has 138 valence electrons. The number of carboxylic acids is 1. The molecular weight excluding hydrogens is 330 g/mol. The number of aromatic nitrogens is 2. The van der Waals surface area contributed by atoms with Crippen molar-refractivity contribution in [1.29, 1.82) is 0 Å². The normalized spacial score (nSPS) is 13.3. The van der Waals surface area contributed by atoms with Crippen molar-refractivity contribution in [2.45, 2.75) is 46.0 Å². The lowest BCUT2D eigenvalue weighted by atomic mass is 9.95. The van der Waals surface area contributed by atoms with Gasteiger partial charge in [-0.1, -0.05) is 24.6 Å². The number of carboxylic acid groups (broad SMARTS) is 1. The fourth-order valence-electron chi connectivity index (χ4n) is 3.51. The van der Waals surface area contributed by atoms with Crippen molar-refractivity contribution in [3.05, 3.63) is 46.8 Å². The summed E-state index contributed by atoms with van der Waals surface area (Å²) in [4.78, 5) is 25.6. The molecule has 1 aliphatic rings. The van der Waals surface area contributed by atoms with Crippen LogP contribution in [0.1, 0.15) is 53.5 Å². The zero-order valence-electron chi connectivity index (χ0n) is 15.4. The van der Waals surface area contributed by atoms with E-state index in [0.29, 0.717) is 18.7 Å². The maximum Gasteiger partial charge on any atom is 0.323 e. The van der Waals surface area contributed by atoms with Crippen LogP contribution in [-0.2, 0) is 17.6 Å². The molecule has 1 aromatic carbocycles. The number of hydrogen-bond acceptors (Lipinski definition) is 3. The van der Waals surface area contributed by atoms with Crippen molar-refractivity contribution in [2.75, 3.05) is 13.1 Å². The molecule has 0 saturated carbocycles. The highest BCUT2D eigenvalue weighted by Gasteiger charge is 2.29. The summed E-state index contributed by atoms with van der Waals surface area (Å²) in [6.07, 6.45) is 4.51. The second-order valence-electron chi connectivity index (χ2n) is 6.85. The molecule has 3 rings (SSSR count). The highest BCUT2D eigenvalue weighted by Crippen LogP contribution is 2.28. The number of rotatable bonds is 6. The smallest absolute Gasteiger partial charge is 0.323 e. The van der Waals surface area contributed by atoms with Crippen LogP contribution in [0.2, 0.25) is 0 Å². The lowest BCUT2D eigenvalue weighted by molar-refractivity contribution is -0.137. The molecule has 6 nitrogen and oxygen atoms in total. The molecule has 0 radical (unpaired) electrons. The third-order valence-electron chi connectivity index (χ3n) is 4.77. The topological polar surface area (TPSA) is 75.4 Å². The Bertz CT molecular complexity index is 808. The Morgan fingerprint density at radius 1 is 1.19 bits per heavy atom. The van der Waals surface area contributed by atoms with Crippen molar-refractivity contribution >= 4 is 11.9 Å². The summed E-state index contributed by atoms with van der Waals surface area (Å²) in [5.41, 5.74) is 4.58. The quantitative estimate of drug-likeness (QED) is 0.864. The zero-order valence-corrected chi connectivity index (χ0v) is 15.4. The number of benzene rings is 1. The summed E-state index contributed by atoms with van der Waals surface area (Å²) >= 11 is 0. The molecule has 0 saturated heterocycles. The highest BCUT2D eigenvalue weighted by atomic mass is 16.4. The van der Waals surface area contributed by atoms with Gasteiger partial charge in [0.15, 0.2) is 5.69 Å². The van der Waals surface area contributed by atoms with Gasteiger partial charge in [0.05, 0.1) is 5.69 Å². The SMILES string of the molecule is CCCN(CC(=O)O)C(=O)c1nn(-c2ccc(C)cc2)c2c1CCCC2. The van der Waals surface area contributed by atoms with Gasteiger partial charge in [0, 0.05) is 17.8 Å². The van der Waals surface area contributed by atoms with E-state index in [4.69, 9.17) is 5.11 Å². The lowest BCUT2D eigenvalue weighted by Crippen LogP contribution is -2.37. The van der Waals surface area contributed by atoms with E-state index >= 15 is 0 Å². The van der Waals surface area contributed by atoms with E-state index in [1.807, 2.05) is 42.8 Å². The number of aliphatic carboxylic acids is 1. The van der Waals surface area contributed by atoms with Gasteiger partial charge in [-0.05, 0) is 51.2 Å². The molecule has 1 aromatic heterocycles. The summed E-state index contributed by atoms with van der Waals surface area (Å²) in [7, 11) is 0. The first-order valence-electron chi connectivity index (χ1n) is 9.20. The zero-order chi connectivity index (χ0) is 18.7. The first-order valence-corrected chi connectivity index (χ1v) is 9.20. The molecule has 1 N–H and O–H groups in total. The number of fused-ring (bicyclic) bond motifs is 1. The average molecular weight is 355 g/mol. The van der Waals surface area contributed by atoms with Crippen LogP contribution in [0.4, 0.5) is 0 Å². The minimum Gasteiger partial charge on any atom is -0.480 e. The molecule has 0 atom stereocenters. The molecule has 0 spiro atoms. The van der Waals surface area contributed by atoms with Crippen molar-refractivity contribution in [3.8, 4) is 5.69 Å². The molecule has 26 heavy (non-hydrogen) atoms. The largest absolute Gasteiger partial charge is 0.480 e. The molecular formula is C20H25N3O3. The third-order valence-corrected chi connectivity index (χ3v) is 4.77. The monoisotopic (exact) mass is 355 g/mol. The standard InChI is InChI=1S/C20H25N3O3/c1-3-12-22(13-18(24)25)20(26)19-16-6-4-5-7-17(16)23(21-19)15-10-8-14(2)9-11-15/h8-11H,3-7,12-13H2,1-2H3,(H,24,25). The van der Waals surface area contributed by atoms with Gasteiger partial charge in [0.2, 0.25) is 0 Å². The molecule has 0 aliphatic heterocycles. The van der Waals surface area contributed by atoms with Gasteiger partial charge < -0.3 is 10.0 Å². The number of carbonyl (C=O) groups is 2. The van der Waals surface area contributed by atoms with Crippen LogP contribution < -0.4 is 0 Å². The average Bonchev–Trinajstić information content (AvgIpc) is 3.01. The maximum absolute atomic E-state index is 13.0. The maximum atomic E-state index is 13.0. The number of aryl methyl sites for hydroxylation is 1. The predicted octanol–water partition coefficient (Wildman–Crippen LogP) is 3.00. The van der Waals surface area contributed by atoms with Crippen LogP contribution in [-0.4, -0.2) is 44.8 Å². The molecule has 0 bridgehead atoms. The van der Waals surface area contributed by atoms with Crippen molar-refractivity contribution in [1.82, 2.24) is 14.7 Å². The predicted molar refractivity (Wildman–Crippen MR) is 98.8 cm³/mol. The Balaban J connectivity index is 2.03. The summed E-state index contributed by atoms with van der Waals surface area (Å²) in [5.74, 6) is -1.28. The first-order chi connectivity index (χ1) is 12.5. The number of carbonyl (C=O) groups excluding carboxylic acids is 1. The Morgan fingerprint density at radius 3 is 2.54 bits per heavy atom. The number of hydrogen-bond donors (Lipinski definition) is 1. The van der Waals surface area contributed by atoms with E-state index < -0.39 is 5.97 Å². The molecule has 1 heterocycles. The summed E-state index contributed by atoms with van der Waals surface area (Å²) in [6.45, 7) is 4.09. The Kier molecular flexibility index (Phi) is 5.40. The van der Waals surface area contributed by atoms with Crippen LogP contribution in [0.5, 0.6) is 0 Å². The van der Waals surface area contributed by atoms with E-state index in [9.17, 15) is 9.59 Å². The minimum atomic E-state index is -1.00. The van der Waals surface area contributed by atoms with E-state index in [2.05, 4.69) is 5.10 Å². The molecule has 0 unspecified atom stereocenters. The highest BCUT2D eigenvalue weighted by molar-refractivity contribution is 5.95. The molecule has 1 aliphatic carbocycles. The van der Waals surface area contributed by atoms with Gasteiger partial charge in [-0.15, -0.1) is 0 Å². The van der Waals surface area contributed by atoms with E-state index in [-0.39, 0.29) is 12.5 Å². The Hall–Kier alpha value is -2.63. The van der Waals surface area contributed by atoms with Crippen LogP contribution in [0.3, 0.4) is 0 Å². The summed E-state index contributed by atoms with van der Waals surface area (Å²) < 4.78 is 1.87. The Labute approximate surface area is 153 Å². The molecule has 6 heteroatoms. The van der Waals surface area contributed by atoms with Gasteiger partial charge >= 0.3 is 5.97 Å². The van der Waals surface area contributed by atoms with Gasteiger partial charge in [-0.25, -0.2) is 4.68 Å². The van der Waals surface area contributed by atoms with Gasteiger partial charge in [0.1, 0.15) is 6.54 Å². The summed E-state index contributed by atoms with van der Waals surface area (Å²) in [6, 6.07) is 8.07. The van der Waals surface area contributed by atoms with Crippen LogP contribution in [0.25, 0.3) is 5.69 Å². The lowest BCUT2D eigenvalue weighted by Gasteiger charge is -2.20. The van der Waals surface area contributed by atoms with Crippen molar-refractivity contribution < 1.29 is 14.7 Å². The van der Waals surface area contributed by atoms with E-state index in [1.165, 1.54) is 10.5 Å². The van der Waals surface area contributed by atoms with Gasteiger partial charge in [-0.3, -0.25) is 9.59 Å². The minimum absolute atomic E-state index is 0.279. The fraction of sp³-hybridized carbons (Fsp3) is 0.450. The summed E-state index contributed by atoms with van der Waals surface area (Å²) in [5, 5.41) is 13.8. The first kappa shape index (κ1) is 18.2. The van der Waals surface area contributed by atoms with Gasteiger partial charge in [0.25, 0.3) is 5.91 Å². The van der Waals surface area contributed by atoms with E-state index in [0.717, 1.165) is 42.6 Å². The second-order valence-corrected chi connectivity index (χ2v) is 6.85. The van der Waals surface area contributed by atoms with Crippen molar-refractivity contribution in [3.63, 3.8) is 0 Å². The van der Waals surface area contributed by atoms with Crippen LogP contribution in [0.15, 0.2) is 24.3 Å². The molecule has 1 amide bonds. The number of nitrogens with zero attached hydrogens (tertiary/aromatic N) is 3. The Morgan fingerprint density at radius 2 is 1.88 bits per heavy atom. The van der Waals surface area contributed by atoms with E-state index in [1.54, 1.807) is 0 Å². The molecule has 0 fully saturated rings. The second kappa shape index (κ2) is 7.72. The molecule has 2 aromatic rings. The van der Waals surface area contributed by atoms with Crippen LogP contribution in [0, 0.1) is 6.92 Å². The van der Waals surface area contributed by atoms with Crippen LogP contribution >= 0.6 is 0 Å². The van der Waals surface area contributed by atoms with Gasteiger partial charge in [-0.2, -0.15) is 5.10 Å².